The zero-order chi connectivity index (χ0) is 16.4. The van der Waals surface area contributed by atoms with Crippen LogP contribution in [0.25, 0.3) is 0 Å². The number of rotatable bonds is 5. The molecule has 1 aliphatic rings. The number of imidazole rings is 1. The topological polar surface area (TPSA) is 84.3 Å². The van der Waals surface area contributed by atoms with E-state index in [4.69, 9.17) is 0 Å². The van der Waals surface area contributed by atoms with Crippen LogP contribution in [0.15, 0.2) is 30.0 Å². The molecule has 0 aliphatic carbocycles. The average molecular weight is 354 g/mol. The van der Waals surface area contributed by atoms with E-state index in [2.05, 4.69) is 9.71 Å². The largest absolute Gasteiger partial charge is 0.334 e. The number of thiophene rings is 1. The highest BCUT2D eigenvalue weighted by Crippen LogP contribution is 2.22. The lowest BCUT2D eigenvalue weighted by Crippen LogP contribution is -2.45. The van der Waals surface area contributed by atoms with Gasteiger partial charge in [-0.2, -0.15) is 0 Å². The van der Waals surface area contributed by atoms with E-state index in [0.29, 0.717) is 19.5 Å². The molecule has 0 aromatic carbocycles. The molecule has 0 spiro atoms. The van der Waals surface area contributed by atoms with Crippen molar-refractivity contribution in [2.24, 2.45) is 0 Å². The zero-order valence-corrected chi connectivity index (χ0v) is 14.3. The van der Waals surface area contributed by atoms with Crippen molar-refractivity contribution in [1.82, 2.24) is 19.2 Å². The standard InChI is InChI=1S/C14H18N4O3S2/c1-23(20,21)16-7-12-9-17(8-11-6-15-10-18(11)12)14(19)5-13-3-2-4-22-13/h2-4,6,10,12,16H,5,7-9H2,1H3. The van der Waals surface area contributed by atoms with Gasteiger partial charge in [0.2, 0.25) is 15.9 Å². The first-order valence-electron chi connectivity index (χ1n) is 7.18. The van der Waals surface area contributed by atoms with Crippen LogP contribution < -0.4 is 4.72 Å². The number of amides is 1. The first kappa shape index (κ1) is 16.2. The molecule has 0 saturated heterocycles. The molecule has 3 heterocycles. The molecule has 1 N–H and O–H groups in total. The third-order valence-electron chi connectivity index (χ3n) is 3.76. The van der Waals surface area contributed by atoms with Crippen molar-refractivity contribution in [3.63, 3.8) is 0 Å². The molecule has 0 bridgehead atoms. The molecule has 2 aromatic rings. The number of hydrogen-bond acceptors (Lipinski definition) is 5. The van der Waals surface area contributed by atoms with E-state index in [1.165, 1.54) is 0 Å². The molecule has 3 rings (SSSR count). The van der Waals surface area contributed by atoms with Crippen molar-refractivity contribution in [2.75, 3.05) is 19.3 Å². The lowest BCUT2D eigenvalue weighted by Gasteiger charge is -2.34. The number of nitrogens with zero attached hydrogens (tertiary/aromatic N) is 3. The number of carbonyl (C=O) groups is 1. The Morgan fingerprint density at radius 3 is 3.04 bits per heavy atom. The SMILES string of the molecule is CS(=O)(=O)NCC1CN(C(=O)Cc2cccs2)Cc2cncn21. The Labute approximate surface area is 139 Å². The summed E-state index contributed by atoms with van der Waals surface area (Å²) in [5.41, 5.74) is 0.913. The molecule has 1 unspecified atom stereocenters. The van der Waals surface area contributed by atoms with Gasteiger partial charge in [0.1, 0.15) is 0 Å². The number of carbonyl (C=O) groups excluding carboxylic acids is 1. The number of fused-ring (bicyclic) bond motifs is 1. The number of nitrogens with one attached hydrogen (secondary N) is 1. The van der Waals surface area contributed by atoms with Gasteiger partial charge in [-0.1, -0.05) is 6.07 Å². The van der Waals surface area contributed by atoms with Gasteiger partial charge < -0.3 is 9.47 Å². The summed E-state index contributed by atoms with van der Waals surface area (Å²) in [5, 5.41) is 1.95. The van der Waals surface area contributed by atoms with Crippen LogP contribution >= 0.6 is 11.3 Å². The van der Waals surface area contributed by atoms with E-state index in [9.17, 15) is 13.2 Å². The monoisotopic (exact) mass is 354 g/mol. The highest BCUT2D eigenvalue weighted by atomic mass is 32.2. The molecule has 1 atom stereocenters. The Bertz CT molecular complexity index is 783. The van der Waals surface area contributed by atoms with E-state index in [1.54, 1.807) is 28.8 Å². The van der Waals surface area contributed by atoms with E-state index in [0.717, 1.165) is 16.8 Å². The van der Waals surface area contributed by atoms with Crippen LogP contribution in [0.5, 0.6) is 0 Å². The van der Waals surface area contributed by atoms with Crippen molar-refractivity contribution < 1.29 is 13.2 Å². The summed E-state index contributed by atoms with van der Waals surface area (Å²) in [6.45, 7) is 1.21. The maximum absolute atomic E-state index is 12.5. The molecule has 1 aliphatic heterocycles. The van der Waals surface area contributed by atoms with Crippen molar-refractivity contribution in [3.8, 4) is 0 Å². The van der Waals surface area contributed by atoms with Crippen molar-refractivity contribution in [3.05, 3.63) is 40.6 Å². The first-order chi connectivity index (χ1) is 10.9. The predicted octanol–water partition coefficient (Wildman–Crippen LogP) is 0.620. The van der Waals surface area contributed by atoms with Gasteiger partial charge in [0, 0.05) is 24.2 Å². The molecule has 0 radical (unpaired) electrons. The second-order valence-corrected chi connectivity index (χ2v) is 8.46. The summed E-state index contributed by atoms with van der Waals surface area (Å²) in [5.74, 6) is 0.0456. The molecule has 2 aromatic heterocycles. The lowest BCUT2D eigenvalue weighted by atomic mass is 10.1. The Balaban J connectivity index is 1.73. The first-order valence-corrected chi connectivity index (χ1v) is 9.95. The molecule has 1 amide bonds. The smallest absolute Gasteiger partial charge is 0.228 e. The fourth-order valence-corrected chi connectivity index (χ4v) is 3.85. The zero-order valence-electron chi connectivity index (χ0n) is 12.7. The summed E-state index contributed by atoms with van der Waals surface area (Å²) in [6, 6.07) is 3.72. The van der Waals surface area contributed by atoms with Crippen molar-refractivity contribution in [2.45, 2.75) is 19.0 Å². The van der Waals surface area contributed by atoms with Crippen LogP contribution in [0.1, 0.15) is 16.6 Å². The van der Waals surface area contributed by atoms with Gasteiger partial charge in [0.25, 0.3) is 0 Å². The third kappa shape index (κ3) is 3.98. The van der Waals surface area contributed by atoms with Crippen LogP contribution in [0.3, 0.4) is 0 Å². The summed E-state index contributed by atoms with van der Waals surface area (Å²) in [4.78, 5) is 19.4. The number of hydrogen-bond donors (Lipinski definition) is 1. The van der Waals surface area contributed by atoms with E-state index < -0.39 is 10.0 Å². The van der Waals surface area contributed by atoms with E-state index in [1.807, 2.05) is 22.1 Å². The second-order valence-electron chi connectivity index (χ2n) is 5.60. The van der Waals surface area contributed by atoms with Crippen molar-refractivity contribution in [1.29, 1.82) is 0 Å². The number of sulfonamides is 1. The lowest BCUT2D eigenvalue weighted by molar-refractivity contribution is -0.132. The molecule has 9 heteroatoms. The van der Waals surface area contributed by atoms with Crippen LogP contribution in [0, 0.1) is 0 Å². The van der Waals surface area contributed by atoms with Gasteiger partial charge in [-0.15, -0.1) is 11.3 Å². The van der Waals surface area contributed by atoms with E-state index in [-0.39, 0.29) is 18.5 Å². The summed E-state index contributed by atoms with van der Waals surface area (Å²) < 4.78 is 27.1. The quantitative estimate of drug-likeness (QED) is 0.853. The average Bonchev–Trinajstić information content (AvgIpc) is 3.14. The Kier molecular flexibility index (Phi) is 4.51. The molecular weight excluding hydrogens is 336 g/mol. The van der Waals surface area contributed by atoms with Crippen LogP contribution in [-0.2, 0) is 27.8 Å². The van der Waals surface area contributed by atoms with Gasteiger partial charge in [-0.25, -0.2) is 18.1 Å². The number of aromatic nitrogens is 2. The van der Waals surface area contributed by atoms with Crippen LogP contribution in [-0.4, -0.2) is 48.1 Å². The molecule has 0 saturated carbocycles. The minimum absolute atomic E-state index is 0.0456. The molecule has 0 fully saturated rings. The third-order valence-corrected chi connectivity index (χ3v) is 5.33. The summed E-state index contributed by atoms with van der Waals surface area (Å²) in [6.07, 6.45) is 4.91. The Morgan fingerprint density at radius 1 is 1.52 bits per heavy atom. The second kappa shape index (κ2) is 6.42. The maximum Gasteiger partial charge on any atom is 0.228 e. The Hall–Kier alpha value is -1.71. The summed E-state index contributed by atoms with van der Waals surface area (Å²) in [7, 11) is -3.27. The summed E-state index contributed by atoms with van der Waals surface area (Å²) >= 11 is 1.56. The highest BCUT2D eigenvalue weighted by molar-refractivity contribution is 7.88. The van der Waals surface area contributed by atoms with Gasteiger partial charge in [-0.05, 0) is 11.4 Å². The Morgan fingerprint density at radius 2 is 2.35 bits per heavy atom. The van der Waals surface area contributed by atoms with Gasteiger partial charge in [0.15, 0.2) is 0 Å². The molecule has 7 nitrogen and oxygen atoms in total. The minimum atomic E-state index is -3.27. The minimum Gasteiger partial charge on any atom is -0.334 e. The van der Waals surface area contributed by atoms with Gasteiger partial charge >= 0.3 is 0 Å². The van der Waals surface area contributed by atoms with E-state index >= 15 is 0 Å². The van der Waals surface area contributed by atoms with Gasteiger partial charge in [-0.3, -0.25) is 4.79 Å². The van der Waals surface area contributed by atoms with Crippen LogP contribution in [0.4, 0.5) is 0 Å². The van der Waals surface area contributed by atoms with Crippen LogP contribution in [0.2, 0.25) is 0 Å². The fraction of sp³-hybridized carbons (Fsp3) is 0.429. The highest BCUT2D eigenvalue weighted by Gasteiger charge is 2.28. The molecule has 124 valence electrons. The molecule has 23 heavy (non-hydrogen) atoms. The maximum atomic E-state index is 12.5. The molecular formula is C14H18N4O3S2. The normalized spacial score (nSPS) is 18.0. The van der Waals surface area contributed by atoms with Crippen molar-refractivity contribution >= 4 is 27.3 Å². The van der Waals surface area contributed by atoms with Gasteiger partial charge in [0.05, 0.1) is 37.3 Å². The predicted molar refractivity (Wildman–Crippen MR) is 87.6 cm³/mol. The fourth-order valence-electron chi connectivity index (χ4n) is 2.66.